The van der Waals surface area contributed by atoms with E-state index in [4.69, 9.17) is 8.85 Å². The molecule has 1 rings (SSSR count). The maximum Gasteiger partial charge on any atom is 0.498 e. The summed E-state index contributed by atoms with van der Waals surface area (Å²) in [5.41, 5.74) is -0.814. The van der Waals surface area contributed by atoms with Gasteiger partial charge in [-0.05, 0) is 47.0 Å². The third-order valence-electron chi connectivity index (χ3n) is 3.56. The third-order valence-corrected chi connectivity index (χ3v) is 6.22. The number of hydrogen-bond acceptors (Lipinski definition) is 3. The summed E-state index contributed by atoms with van der Waals surface area (Å²) < 4.78 is 77.5. The lowest BCUT2D eigenvalue weighted by Gasteiger charge is -2.28. The third kappa shape index (κ3) is 6.29. The van der Waals surface area contributed by atoms with Gasteiger partial charge in [0.2, 0.25) is 5.82 Å². The zero-order valence-corrected chi connectivity index (χ0v) is 16.3. The van der Waals surface area contributed by atoms with Crippen molar-refractivity contribution in [2.24, 2.45) is 0 Å². The Morgan fingerprint density at radius 3 is 1.58 bits per heavy atom. The van der Waals surface area contributed by atoms with E-state index in [9.17, 15) is 26.7 Å². The van der Waals surface area contributed by atoms with E-state index < -0.39 is 43.5 Å². The van der Waals surface area contributed by atoms with Crippen LogP contribution in [0.15, 0.2) is 0 Å². The van der Waals surface area contributed by atoms with Crippen LogP contribution in [0.5, 0.6) is 0 Å². The summed E-state index contributed by atoms with van der Waals surface area (Å²) in [5, 5.41) is 0. The molecule has 0 bridgehead atoms. The first-order valence-electron chi connectivity index (χ1n) is 8.56. The van der Waals surface area contributed by atoms with Gasteiger partial charge in [0.15, 0.2) is 23.3 Å². The van der Waals surface area contributed by atoms with Gasteiger partial charge in [-0.2, -0.15) is 0 Å². The van der Waals surface area contributed by atoms with Crippen LogP contribution in [0.2, 0.25) is 6.04 Å². The monoisotopic (exact) mass is 400 g/mol. The summed E-state index contributed by atoms with van der Waals surface area (Å²) in [4.78, 5) is 10.5. The summed E-state index contributed by atoms with van der Waals surface area (Å²) >= 11 is 0. The maximum atomic E-state index is 13.6. The molecule has 0 aliphatic rings. The van der Waals surface area contributed by atoms with E-state index in [0.717, 1.165) is 0 Å². The van der Waals surface area contributed by atoms with Crippen molar-refractivity contribution >= 4 is 8.80 Å². The Balaban J connectivity index is 2.62. The summed E-state index contributed by atoms with van der Waals surface area (Å²) in [6.45, 7) is 7.07. The average Bonchev–Trinajstić information content (AvgIpc) is 2.52. The molecule has 0 atom stereocenters. The van der Waals surface area contributed by atoms with Crippen LogP contribution in [-0.2, 0) is 15.3 Å². The van der Waals surface area contributed by atoms with E-state index in [-0.39, 0.29) is 31.1 Å². The Kier molecular flexibility index (Phi) is 8.65. The van der Waals surface area contributed by atoms with E-state index >= 15 is 0 Å². The van der Waals surface area contributed by atoms with Gasteiger partial charge in [-0.15, -0.1) is 0 Å². The van der Waals surface area contributed by atoms with E-state index in [1.165, 1.54) is 0 Å². The van der Waals surface area contributed by atoms with Gasteiger partial charge in [-0.1, -0.05) is 6.42 Å². The van der Waals surface area contributed by atoms with Gasteiger partial charge in [0.05, 0.1) is 0 Å². The molecule has 0 saturated heterocycles. The van der Waals surface area contributed by atoms with Crippen LogP contribution < -0.4 is 0 Å². The second-order valence-corrected chi connectivity index (χ2v) is 9.05. The predicted octanol–water partition coefficient (Wildman–Crippen LogP) is 4.88. The van der Waals surface area contributed by atoms with Crippen LogP contribution in [0, 0.1) is 29.1 Å². The minimum Gasteiger partial charge on any atom is -0.390 e. The lowest BCUT2D eigenvalue weighted by Crippen LogP contribution is -2.46. The Labute approximate surface area is 151 Å². The second-order valence-electron chi connectivity index (χ2n) is 6.66. The van der Waals surface area contributed by atoms with Crippen LogP contribution in [-0.4, -0.2) is 25.8 Å². The molecule has 1 N–H and O–H groups in total. The van der Waals surface area contributed by atoms with Crippen molar-refractivity contribution < 1.29 is 35.6 Å². The highest BCUT2D eigenvalue weighted by Gasteiger charge is 2.38. The van der Waals surface area contributed by atoms with Crippen LogP contribution in [0.4, 0.5) is 22.0 Å². The molecule has 0 heterocycles. The fourth-order valence-electron chi connectivity index (χ4n) is 2.58. The quantitative estimate of drug-likeness (QED) is 0.200. The van der Waals surface area contributed by atoms with Crippen LogP contribution in [0.3, 0.4) is 0 Å². The molecule has 0 fully saturated rings. The average molecular weight is 400 g/mol. The molecule has 0 aliphatic carbocycles. The molecule has 0 aliphatic heterocycles. The maximum absolute atomic E-state index is 13.6. The number of unbranched alkanes of at least 4 members (excludes halogenated alkanes) is 2. The SMILES string of the molecule is CC(C)O[Si](O)(CCCCCc1c(F)c(F)c(F)c(F)c1F)OC(C)C. The van der Waals surface area contributed by atoms with Crippen molar-refractivity contribution in [3.8, 4) is 0 Å². The fraction of sp³-hybridized carbons (Fsp3) is 0.647. The van der Waals surface area contributed by atoms with Crippen LogP contribution >= 0.6 is 0 Å². The van der Waals surface area contributed by atoms with Crippen molar-refractivity contribution in [1.29, 1.82) is 0 Å². The first-order valence-corrected chi connectivity index (χ1v) is 10.5. The number of rotatable bonds is 10. The molecule has 1 aromatic rings. The number of hydrogen-bond donors (Lipinski definition) is 1. The van der Waals surface area contributed by atoms with E-state index in [0.29, 0.717) is 12.8 Å². The molecule has 9 heteroatoms. The van der Waals surface area contributed by atoms with Crippen molar-refractivity contribution in [2.45, 2.75) is 71.6 Å². The van der Waals surface area contributed by atoms with Crippen molar-refractivity contribution in [3.63, 3.8) is 0 Å². The van der Waals surface area contributed by atoms with Gasteiger partial charge < -0.3 is 13.6 Å². The summed E-state index contributed by atoms with van der Waals surface area (Å²) in [6, 6.07) is 0.250. The topological polar surface area (TPSA) is 38.7 Å². The Bertz CT molecular complexity index is 572. The molecule has 3 nitrogen and oxygen atoms in total. The Morgan fingerprint density at radius 1 is 0.731 bits per heavy atom. The highest BCUT2D eigenvalue weighted by atomic mass is 28.4. The van der Waals surface area contributed by atoms with E-state index in [2.05, 4.69) is 0 Å². The van der Waals surface area contributed by atoms with Crippen LogP contribution in [0.1, 0.15) is 52.5 Å². The number of benzene rings is 1. The van der Waals surface area contributed by atoms with Crippen LogP contribution in [0.25, 0.3) is 0 Å². The molecule has 1 aromatic carbocycles. The zero-order chi connectivity index (χ0) is 20.1. The van der Waals surface area contributed by atoms with Gasteiger partial charge in [0.1, 0.15) is 0 Å². The molecular weight excluding hydrogens is 375 g/mol. The minimum atomic E-state index is -3.37. The van der Waals surface area contributed by atoms with Gasteiger partial charge in [0.25, 0.3) is 0 Å². The molecule has 26 heavy (non-hydrogen) atoms. The highest BCUT2D eigenvalue weighted by Crippen LogP contribution is 2.25. The fourth-order valence-corrected chi connectivity index (χ4v) is 5.04. The van der Waals surface area contributed by atoms with Crippen molar-refractivity contribution in [3.05, 3.63) is 34.6 Å². The number of halogens is 5. The summed E-state index contributed by atoms with van der Waals surface area (Å²) in [7, 11) is -3.37. The zero-order valence-electron chi connectivity index (χ0n) is 15.3. The first-order chi connectivity index (χ1) is 12.0. The van der Waals surface area contributed by atoms with E-state index in [1.54, 1.807) is 27.7 Å². The summed E-state index contributed by atoms with van der Waals surface area (Å²) in [6.07, 6.45) is 0.320. The molecule has 0 amide bonds. The Hall–Kier alpha value is -1.03. The minimum absolute atomic E-state index is 0.201. The Morgan fingerprint density at radius 2 is 1.15 bits per heavy atom. The molecule has 0 radical (unpaired) electrons. The predicted molar refractivity (Wildman–Crippen MR) is 89.0 cm³/mol. The largest absolute Gasteiger partial charge is 0.498 e. The molecule has 0 aromatic heterocycles. The van der Waals surface area contributed by atoms with Gasteiger partial charge in [-0.25, -0.2) is 22.0 Å². The first kappa shape index (κ1) is 23.0. The van der Waals surface area contributed by atoms with Gasteiger partial charge in [-0.3, -0.25) is 0 Å². The van der Waals surface area contributed by atoms with E-state index in [1.807, 2.05) is 0 Å². The van der Waals surface area contributed by atoms with Crippen molar-refractivity contribution in [1.82, 2.24) is 0 Å². The second kappa shape index (κ2) is 9.77. The normalized spacial score (nSPS) is 12.5. The molecular formula is C17H25F5O3Si. The van der Waals surface area contributed by atoms with Crippen molar-refractivity contribution in [2.75, 3.05) is 0 Å². The van der Waals surface area contributed by atoms with Gasteiger partial charge >= 0.3 is 8.80 Å². The van der Waals surface area contributed by atoms with Gasteiger partial charge in [0, 0.05) is 23.8 Å². The lowest BCUT2D eigenvalue weighted by molar-refractivity contribution is 0.0472. The molecule has 150 valence electrons. The molecule has 0 spiro atoms. The lowest BCUT2D eigenvalue weighted by atomic mass is 10.1. The highest BCUT2D eigenvalue weighted by molar-refractivity contribution is 6.59. The smallest absolute Gasteiger partial charge is 0.390 e. The molecule has 0 unspecified atom stereocenters. The molecule has 0 saturated carbocycles. The standard InChI is InChI=1S/C17H25F5O3Si/c1-10(2)24-26(23,25-11(3)4)9-7-5-6-8-12-13(18)15(20)17(22)16(21)14(12)19/h10-11,23H,5-9H2,1-4H3. The summed E-state index contributed by atoms with van der Waals surface area (Å²) in [5.74, 6) is -9.61.